The summed E-state index contributed by atoms with van der Waals surface area (Å²) in [6.45, 7) is 0.358. The number of hydrogen-bond acceptors (Lipinski definition) is 3. The SMILES string of the molecule is O=C(CC(=O)NC1CC1)NCc1ccccn1. The van der Waals surface area contributed by atoms with E-state index in [1.165, 1.54) is 0 Å². The molecule has 0 saturated heterocycles. The molecule has 0 atom stereocenters. The molecule has 0 bridgehead atoms. The molecule has 0 radical (unpaired) electrons. The van der Waals surface area contributed by atoms with E-state index in [1.54, 1.807) is 6.20 Å². The van der Waals surface area contributed by atoms with Crippen molar-refractivity contribution in [3.8, 4) is 0 Å². The zero-order chi connectivity index (χ0) is 12.1. The van der Waals surface area contributed by atoms with Gasteiger partial charge in [-0.25, -0.2) is 0 Å². The van der Waals surface area contributed by atoms with Crippen molar-refractivity contribution in [1.29, 1.82) is 0 Å². The van der Waals surface area contributed by atoms with Crippen molar-refractivity contribution in [3.63, 3.8) is 0 Å². The highest BCUT2D eigenvalue weighted by Crippen LogP contribution is 2.18. The summed E-state index contributed by atoms with van der Waals surface area (Å²) in [5.41, 5.74) is 0.781. The van der Waals surface area contributed by atoms with Crippen LogP contribution < -0.4 is 10.6 Å². The van der Waals surface area contributed by atoms with Gasteiger partial charge in [0, 0.05) is 12.2 Å². The molecule has 1 aliphatic rings. The van der Waals surface area contributed by atoms with Crippen LogP contribution in [0.3, 0.4) is 0 Å². The Hall–Kier alpha value is -1.91. The lowest BCUT2D eigenvalue weighted by Crippen LogP contribution is -2.32. The van der Waals surface area contributed by atoms with Gasteiger partial charge in [0.15, 0.2) is 0 Å². The molecule has 2 amide bonds. The highest BCUT2D eigenvalue weighted by molar-refractivity contribution is 5.97. The molecule has 90 valence electrons. The van der Waals surface area contributed by atoms with Gasteiger partial charge in [0.25, 0.3) is 0 Å². The molecule has 0 spiro atoms. The largest absolute Gasteiger partial charge is 0.353 e. The first-order valence-corrected chi connectivity index (χ1v) is 5.70. The molecule has 1 aliphatic carbocycles. The standard InChI is InChI=1S/C12H15N3O2/c16-11(7-12(17)15-9-4-5-9)14-8-10-3-1-2-6-13-10/h1-3,6,9H,4-5,7-8H2,(H,14,16)(H,15,17). The molecular weight excluding hydrogens is 218 g/mol. The first-order valence-electron chi connectivity index (χ1n) is 5.70. The van der Waals surface area contributed by atoms with Crippen molar-refractivity contribution in [3.05, 3.63) is 30.1 Å². The molecule has 0 aromatic carbocycles. The van der Waals surface area contributed by atoms with Gasteiger partial charge in [-0.05, 0) is 25.0 Å². The molecule has 1 heterocycles. The topological polar surface area (TPSA) is 71.1 Å². The van der Waals surface area contributed by atoms with E-state index in [2.05, 4.69) is 15.6 Å². The number of carbonyl (C=O) groups is 2. The van der Waals surface area contributed by atoms with Crippen LogP contribution in [0.5, 0.6) is 0 Å². The number of pyridine rings is 1. The second-order valence-corrected chi connectivity index (χ2v) is 4.12. The van der Waals surface area contributed by atoms with Crippen LogP contribution in [0.15, 0.2) is 24.4 Å². The second kappa shape index (κ2) is 5.43. The van der Waals surface area contributed by atoms with E-state index in [0.29, 0.717) is 12.6 Å². The zero-order valence-corrected chi connectivity index (χ0v) is 9.48. The maximum absolute atomic E-state index is 11.4. The normalized spacial score (nSPS) is 14.1. The van der Waals surface area contributed by atoms with E-state index in [-0.39, 0.29) is 18.2 Å². The first kappa shape index (κ1) is 11.6. The van der Waals surface area contributed by atoms with Gasteiger partial charge in [-0.15, -0.1) is 0 Å². The fourth-order valence-corrected chi connectivity index (χ4v) is 1.41. The van der Waals surface area contributed by atoms with Gasteiger partial charge in [0.2, 0.25) is 11.8 Å². The number of hydrogen-bond donors (Lipinski definition) is 2. The Balaban J connectivity index is 1.68. The van der Waals surface area contributed by atoms with Crippen LogP contribution in [0, 0.1) is 0 Å². The van der Waals surface area contributed by atoms with Crippen LogP contribution in [-0.4, -0.2) is 22.8 Å². The number of nitrogens with one attached hydrogen (secondary N) is 2. The quantitative estimate of drug-likeness (QED) is 0.722. The van der Waals surface area contributed by atoms with Crippen molar-refractivity contribution in [2.24, 2.45) is 0 Å². The Morgan fingerprint density at radius 3 is 2.76 bits per heavy atom. The van der Waals surface area contributed by atoms with Gasteiger partial charge in [0.1, 0.15) is 6.42 Å². The summed E-state index contributed by atoms with van der Waals surface area (Å²) in [6, 6.07) is 5.79. The predicted molar refractivity (Wildman–Crippen MR) is 61.9 cm³/mol. The highest BCUT2D eigenvalue weighted by atomic mass is 16.2. The Morgan fingerprint density at radius 1 is 1.29 bits per heavy atom. The third kappa shape index (κ3) is 4.22. The summed E-state index contributed by atoms with van der Waals surface area (Å²) in [5.74, 6) is -0.472. The molecule has 17 heavy (non-hydrogen) atoms. The smallest absolute Gasteiger partial charge is 0.229 e. The van der Waals surface area contributed by atoms with Gasteiger partial charge >= 0.3 is 0 Å². The third-order valence-electron chi connectivity index (χ3n) is 2.46. The van der Waals surface area contributed by atoms with Gasteiger partial charge in [-0.3, -0.25) is 14.6 Å². The Morgan fingerprint density at radius 2 is 2.12 bits per heavy atom. The second-order valence-electron chi connectivity index (χ2n) is 4.12. The lowest BCUT2D eigenvalue weighted by atomic mass is 10.3. The van der Waals surface area contributed by atoms with Gasteiger partial charge < -0.3 is 10.6 Å². The van der Waals surface area contributed by atoms with Crippen LogP contribution in [0.4, 0.5) is 0 Å². The molecule has 2 N–H and O–H groups in total. The van der Waals surface area contributed by atoms with Crippen molar-refractivity contribution < 1.29 is 9.59 Å². The molecule has 5 heteroatoms. The fourth-order valence-electron chi connectivity index (χ4n) is 1.41. The Kier molecular flexibility index (Phi) is 3.69. The van der Waals surface area contributed by atoms with E-state index in [1.807, 2.05) is 18.2 Å². The van der Waals surface area contributed by atoms with Gasteiger partial charge in [-0.2, -0.15) is 0 Å². The summed E-state index contributed by atoms with van der Waals surface area (Å²) < 4.78 is 0. The lowest BCUT2D eigenvalue weighted by molar-refractivity contribution is -0.129. The minimum atomic E-state index is -0.270. The molecule has 1 saturated carbocycles. The number of carbonyl (C=O) groups excluding carboxylic acids is 2. The molecule has 1 fully saturated rings. The van der Waals surface area contributed by atoms with Crippen molar-refractivity contribution in [1.82, 2.24) is 15.6 Å². The minimum absolute atomic E-state index is 0.108. The monoisotopic (exact) mass is 233 g/mol. The van der Waals surface area contributed by atoms with Gasteiger partial charge in [0.05, 0.1) is 12.2 Å². The average molecular weight is 233 g/mol. The van der Waals surface area contributed by atoms with E-state index < -0.39 is 0 Å². The van der Waals surface area contributed by atoms with E-state index in [9.17, 15) is 9.59 Å². The molecule has 1 aromatic rings. The molecule has 0 aliphatic heterocycles. The number of amides is 2. The average Bonchev–Trinajstić information content (AvgIpc) is 3.11. The fraction of sp³-hybridized carbons (Fsp3) is 0.417. The van der Waals surface area contributed by atoms with E-state index in [4.69, 9.17) is 0 Å². The van der Waals surface area contributed by atoms with E-state index in [0.717, 1.165) is 18.5 Å². The summed E-state index contributed by atoms with van der Waals surface area (Å²) in [7, 11) is 0. The van der Waals surface area contributed by atoms with Crippen molar-refractivity contribution in [2.45, 2.75) is 31.8 Å². The Bertz CT molecular complexity index is 401. The third-order valence-corrected chi connectivity index (χ3v) is 2.46. The molecule has 5 nitrogen and oxygen atoms in total. The zero-order valence-electron chi connectivity index (χ0n) is 9.48. The maximum Gasteiger partial charge on any atom is 0.229 e. The molecular formula is C12H15N3O2. The maximum atomic E-state index is 11.4. The lowest BCUT2D eigenvalue weighted by Gasteiger charge is -2.05. The Labute approximate surface area is 99.6 Å². The predicted octanol–water partition coefficient (Wildman–Crippen LogP) is 0.366. The van der Waals surface area contributed by atoms with E-state index >= 15 is 0 Å². The minimum Gasteiger partial charge on any atom is -0.353 e. The summed E-state index contributed by atoms with van der Waals surface area (Å²) >= 11 is 0. The number of rotatable bonds is 5. The van der Waals surface area contributed by atoms with Gasteiger partial charge in [-0.1, -0.05) is 6.07 Å². The van der Waals surface area contributed by atoms with Crippen LogP contribution >= 0.6 is 0 Å². The molecule has 2 rings (SSSR count). The van der Waals surface area contributed by atoms with Crippen LogP contribution in [0.2, 0.25) is 0 Å². The molecule has 1 aromatic heterocycles. The number of nitrogens with zero attached hydrogens (tertiary/aromatic N) is 1. The summed E-state index contributed by atoms with van der Waals surface area (Å²) in [5, 5.41) is 5.43. The number of aromatic nitrogens is 1. The molecule has 0 unspecified atom stereocenters. The van der Waals surface area contributed by atoms with Crippen LogP contribution in [0.1, 0.15) is 25.0 Å². The first-order chi connectivity index (χ1) is 8.24. The van der Waals surface area contributed by atoms with Crippen LogP contribution in [0.25, 0.3) is 0 Å². The summed E-state index contributed by atoms with van der Waals surface area (Å²) in [4.78, 5) is 26.8. The van der Waals surface area contributed by atoms with Crippen LogP contribution in [-0.2, 0) is 16.1 Å². The summed E-state index contributed by atoms with van der Waals surface area (Å²) in [6.07, 6.45) is 3.62. The highest BCUT2D eigenvalue weighted by Gasteiger charge is 2.23. The van der Waals surface area contributed by atoms with Crippen molar-refractivity contribution in [2.75, 3.05) is 0 Å². The van der Waals surface area contributed by atoms with Crippen molar-refractivity contribution >= 4 is 11.8 Å².